The Morgan fingerprint density at radius 1 is 1.24 bits per heavy atom. The van der Waals surface area contributed by atoms with Crippen molar-refractivity contribution in [1.82, 2.24) is 15.0 Å². The predicted octanol–water partition coefficient (Wildman–Crippen LogP) is 0.183. The molecule has 1 aromatic heterocycles. The molecule has 0 spiro atoms. The second-order valence-electron chi connectivity index (χ2n) is 4.09. The first kappa shape index (κ1) is 11.6. The van der Waals surface area contributed by atoms with Crippen molar-refractivity contribution in [2.24, 2.45) is 0 Å². The lowest BCUT2D eigenvalue weighted by atomic mass is 9.98. The van der Waals surface area contributed by atoms with Gasteiger partial charge in [-0.25, -0.2) is 0 Å². The number of nitrogens with zero attached hydrogens (tertiary/aromatic N) is 3. The number of aromatic nitrogens is 3. The normalized spacial score (nSPS) is 17.2. The van der Waals surface area contributed by atoms with Crippen molar-refractivity contribution in [2.75, 3.05) is 30.5 Å². The molecule has 17 heavy (non-hydrogen) atoms. The Labute approximate surface area is 99.3 Å². The molecule has 0 amide bonds. The van der Waals surface area contributed by atoms with Gasteiger partial charge in [0.25, 0.3) is 0 Å². The lowest BCUT2D eigenvalue weighted by molar-refractivity contribution is 0.147. The van der Waals surface area contributed by atoms with Crippen molar-refractivity contribution < 1.29 is 4.74 Å². The Morgan fingerprint density at radius 3 is 2.35 bits per heavy atom. The second kappa shape index (κ2) is 4.54. The SMILES string of the molecule is COCC1(Nc2nc(N)nc(N)n2)CC=CC1. The number of methoxy groups -OCH3 is 1. The van der Waals surface area contributed by atoms with Gasteiger partial charge in [0, 0.05) is 7.11 Å². The van der Waals surface area contributed by atoms with Crippen molar-refractivity contribution in [3.8, 4) is 0 Å². The summed E-state index contributed by atoms with van der Waals surface area (Å²) in [7, 11) is 1.66. The van der Waals surface area contributed by atoms with E-state index in [0.717, 1.165) is 12.8 Å². The van der Waals surface area contributed by atoms with E-state index in [1.807, 2.05) is 0 Å². The van der Waals surface area contributed by atoms with Crippen LogP contribution in [-0.2, 0) is 4.74 Å². The smallest absolute Gasteiger partial charge is 0.229 e. The summed E-state index contributed by atoms with van der Waals surface area (Å²) in [4.78, 5) is 11.7. The largest absolute Gasteiger partial charge is 0.382 e. The fraction of sp³-hybridized carbons (Fsp3) is 0.500. The van der Waals surface area contributed by atoms with Crippen LogP contribution in [0.2, 0.25) is 0 Å². The third kappa shape index (κ3) is 2.62. The molecule has 0 bridgehead atoms. The number of nitrogens with two attached hydrogens (primary N) is 2. The van der Waals surface area contributed by atoms with Gasteiger partial charge in [-0.2, -0.15) is 15.0 Å². The third-order valence-electron chi connectivity index (χ3n) is 2.65. The average molecular weight is 236 g/mol. The summed E-state index contributed by atoms with van der Waals surface area (Å²) < 4.78 is 5.23. The van der Waals surface area contributed by atoms with Gasteiger partial charge in [0.05, 0.1) is 12.1 Å². The molecule has 7 nitrogen and oxygen atoms in total. The topological polar surface area (TPSA) is 112 Å². The molecule has 0 radical (unpaired) electrons. The minimum atomic E-state index is -0.213. The highest BCUT2D eigenvalue weighted by molar-refractivity contribution is 5.40. The number of hydrogen-bond acceptors (Lipinski definition) is 7. The highest BCUT2D eigenvalue weighted by Gasteiger charge is 2.31. The Hall–Kier alpha value is -1.89. The molecule has 2 rings (SSSR count). The van der Waals surface area contributed by atoms with E-state index in [2.05, 4.69) is 32.4 Å². The molecule has 1 aliphatic rings. The molecular formula is C10H16N6O. The maximum absolute atomic E-state index is 5.52. The van der Waals surface area contributed by atoms with Gasteiger partial charge in [-0.15, -0.1) is 0 Å². The number of hydrogen-bond donors (Lipinski definition) is 3. The molecule has 0 aliphatic heterocycles. The molecule has 0 fully saturated rings. The van der Waals surface area contributed by atoms with E-state index in [4.69, 9.17) is 16.2 Å². The number of nitrogens with one attached hydrogen (secondary N) is 1. The second-order valence-corrected chi connectivity index (χ2v) is 4.09. The van der Waals surface area contributed by atoms with Crippen molar-refractivity contribution in [3.63, 3.8) is 0 Å². The van der Waals surface area contributed by atoms with Crippen LogP contribution in [0.4, 0.5) is 17.8 Å². The molecule has 92 valence electrons. The Morgan fingerprint density at radius 2 is 1.82 bits per heavy atom. The van der Waals surface area contributed by atoms with E-state index < -0.39 is 0 Å². The maximum Gasteiger partial charge on any atom is 0.229 e. The molecule has 0 unspecified atom stereocenters. The fourth-order valence-electron chi connectivity index (χ4n) is 1.94. The van der Waals surface area contributed by atoms with Crippen LogP contribution in [0.5, 0.6) is 0 Å². The third-order valence-corrected chi connectivity index (χ3v) is 2.65. The first-order chi connectivity index (χ1) is 8.13. The summed E-state index contributed by atoms with van der Waals surface area (Å²) in [6.45, 7) is 0.561. The molecule has 0 saturated heterocycles. The molecule has 1 heterocycles. The van der Waals surface area contributed by atoms with Gasteiger partial charge in [-0.1, -0.05) is 12.2 Å². The van der Waals surface area contributed by atoms with E-state index in [-0.39, 0.29) is 17.4 Å². The standard InChI is InChI=1S/C10H16N6O/c1-17-6-10(4-2-3-5-10)16-9-14-7(11)13-8(12)15-9/h2-3H,4-6H2,1H3,(H5,11,12,13,14,15,16). The highest BCUT2D eigenvalue weighted by atomic mass is 16.5. The maximum atomic E-state index is 5.52. The van der Waals surface area contributed by atoms with Crippen LogP contribution in [0.3, 0.4) is 0 Å². The van der Waals surface area contributed by atoms with Crippen molar-refractivity contribution >= 4 is 17.8 Å². The summed E-state index contributed by atoms with van der Waals surface area (Å²) in [5.74, 6) is 0.604. The number of nitrogen functional groups attached to an aromatic ring is 2. The summed E-state index contributed by atoms with van der Waals surface area (Å²) in [5.41, 5.74) is 10.8. The van der Waals surface area contributed by atoms with Crippen molar-refractivity contribution in [2.45, 2.75) is 18.4 Å². The van der Waals surface area contributed by atoms with E-state index in [1.165, 1.54) is 0 Å². The summed E-state index contributed by atoms with van der Waals surface area (Å²) in [6, 6.07) is 0. The minimum Gasteiger partial charge on any atom is -0.382 e. The molecule has 0 saturated carbocycles. The van der Waals surface area contributed by atoms with Gasteiger partial charge in [0.1, 0.15) is 0 Å². The van der Waals surface area contributed by atoms with Crippen LogP contribution in [0.15, 0.2) is 12.2 Å². The Balaban J connectivity index is 2.17. The Bertz CT molecular complexity index is 405. The van der Waals surface area contributed by atoms with Gasteiger partial charge >= 0.3 is 0 Å². The molecule has 5 N–H and O–H groups in total. The summed E-state index contributed by atoms with van der Waals surface area (Å²) in [5, 5.41) is 3.23. The van der Waals surface area contributed by atoms with Crippen molar-refractivity contribution in [3.05, 3.63) is 12.2 Å². The zero-order chi connectivity index (χ0) is 12.3. The average Bonchev–Trinajstić information content (AvgIpc) is 2.65. The van der Waals surface area contributed by atoms with Crippen LogP contribution in [0.1, 0.15) is 12.8 Å². The fourth-order valence-corrected chi connectivity index (χ4v) is 1.94. The zero-order valence-electron chi connectivity index (χ0n) is 9.68. The van der Waals surface area contributed by atoms with Gasteiger partial charge in [-0.05, 0) is 12.8 Å². The van der Waals surface area contributed by atoms with Crippen LogP contribution in [0, 0.1) is 0 Å². The van der Waals surface area contributed by atoms with Crippen molar-refractivity contribution in [1.29, 1.82) is 0 Å². The van der Waals surface area contributed by atoms with Gasteiger partial charge in [0.15, 0.2) is 0 Å². The first-order valence-corrected chi connectivity index (χ1v) is 5.33. The van der Waals surface area contributed by atoms with E-state index in [9.17, 15) is 0 Å². The summed E-state index contributed by atoms with van der Waals surface area (Å²) in [6.07, 6.45) is 5.90. The molecule has 1 aliphatic carbocycles. The van der Waals surface area contributed by atoms with Gasteiger partial charge in [0.2, 0.25) is 17.8 Å². The molecule has 1 aromatic rings. The Kier molecular flexibility index (Phi) is 3.10. The summed E-state index contributed by atoms with van der Waals surface area (Å²) >= 11 is 0. The quantitative estimate of drug-likeness (QED) is 0.639. The van der Waals surface area contributed by atoms with Crippen LogP contribution >= 0.6 is 0 Å². The van der Waals surface area contributed by atoms with Crippen LogP contribution in [0.25, 0.3) is 0 Å². The predicted molar refractivity (Wildman–Crippen MR) is 65.3 cm³/mol. The molecule has 0 aromatic carbocycles. The first-order valence-electron chi connectivity index (χ1n) is 5.33. The molecule has 0 atom stereocenters. The zero-order valence-corrected chi connectivity index (χ0v) is 9.68. The number of rotatable bonds is 4. The van der Waals surface area contributed by atoms with E-state index >= 15 is 0 Å². The molecular weight excluding hydrogens is 220 g/mol. The van der Waals surface area contributed by atoms with E-state index in [1.54, 1.807) is 7.11 Å². The van der Waals surface area contributed by atoms with E-state index in [0.29, 0.717) is 12.6 Å². The molecule has 7 heteroatoms. The lowest BCUT2D eigenvalue weighted by Crippen LogP contribution is -2.41. The highest BCUT2D eigenvalue weighted by Crippen LogP contribution is 2.27. The van der Waals surface area contributed by atoms with Crippen LogP contribution < -0.4 is 16.8 Å². The lowest BCUT2D eigenvalue weighted by Gasteiger charge is -2.29. The number of anilines is 3. The number of ether oxygens (including phenoxy) is 1. The van der Waals surface area contributed by atoms with Gasteiger partial charge in [-0.3, -0.25) is 0 Å². The monoisotopic (exact) mass is 236 g/mol. The van der Waals surface area contributed by atoms with Crippen LogP contribution in [-0.4, -0.2) is 34.2 Å². The minimum absolute atomic E-state index is 0.110. The van der Waals surface area contributed by atoms with Gasteiger partial charge < -0.3 is 21.5 Å².